The summed E-state index contributed by atoms with van der Waals surface area (Å²) in [4.78, 5) is 32.6. The predicted molar refractivity (Wildman–Crippen MR) is 136 cm³/mol. The van der Waals surface area contributed by atoms with Gasteiger partial charge in [-0.3, -0.25) is 9.69 Å². The number of nitrogens with zero attached hydrogens (tertiary/aromatic N) is 3. The maximum Gasteiger partial charge on any atom is 0.326 e. The number of carbonyl (C=O) groups excluding carboxylic acids is 1. The van der Waals surface area contributed by atoms with E-state index in [0.717, 1.165) is 30.8 Å². The highest BCUT2D eigenvalue weighted by Crippen LogP contribution is 2.33. The molecule has 0 unspecified atom stereocenters. The summed E-state index contributed by atoms with van der Waals surface area (Å²) in [5, 5.41) is 10.1. The smallest absolute Gasteiger partial charge is 0.326 e. The van der Waals surface area contributed by atoms with Crippen LogP contribution in [0.2, 0.25) is 0 Å². The van der Waals surface area contributed by atoms with Crippen molar-refractivity contribution < 1.29 is 14.7 Å². The van der Waals surface area contributed by atoms with Crippen molar-refractivity contribution in [1.29, 1.82) is 0 Å². The standard InChI is InChI=1S/C29H31N3O3/c1-30-16-17-31(19-23-14-8-9-15-25(23)30)24-18-26(29(34)35)32(20-24)28(33)27(21-10-4-2-5-11-21)22-12-6-3-7-13-22/h2-15,24,26-27H,16-20H2,1H3,(H,34,35)/t24-,26-/m0/s1. The zero-order chi connectivity index (χ0) is 24.4. The van der Waals surface area contributed by atoms with Gasteiger partial charge in [0.05, 0.1) is 5.92 Å². The zero-order valence-electron chi connectivity index (χ0n) is 20.0. The number of fused-ring (bicyclic) bond motifs is 1. The average molecular weight is 470 g/mol. The largest absolute Gasteiger partial charge is 0.480 e. The second-order valence-electron chi connectivity index (χ2n) is 9.51. The van der Waals surface area contributed by atoms with Crippen molar-refractivity contribution in [1.82, 2.24) is 9.80 Å². The second-order valence-corrected chi connectivity index (χ2v) is 9.51. The summed E-state index contributed by atoms with van der Waals surface area (Å²) in [5.74, 6) is -1.62. The number of rotatable bonds is 5. The fraction of sp³-hybridized carbons (Fsp3) is 0.310. The summed E-state index contributed by atoms with van der Waals surface area (Å²) >= 11 is 0. The molecule has 6 nitrogen and oxygen atoms in total. The summed E-state index contributed by atoms with van der Waals surface area (Å²) in [6.07, 6.45) is 0.434. The van der Waals surface area contributed by atoms with E-state index >= 15 is 0 Å². The molecule has 2 aliphatic rings. The van der Waals surface area contributed by atoms with E-state index in [4.69, 9.17) is 0 Å². The van der Waals surface area contributed by atoms with Gasteiger partial charge in [0.1, 0.15) is 6.04 Å². The molecule has 0 bridgehead atoms. The van der Waals surface area contributed by atoms with E-state index in [0.29, 0.717) is 13.0 Å². The molecule has 0 saturated carbocycles. The van der Waals surface area contributed by atoms with Crippen molar-refractivity contribution >= 4 is 17.6 Å². The number of aliphatic carboxylic acids is 1. The van der Waals surface area contributed by atoms with E-state index in [1.54, 1.807) is 4.90 Å². The molecule has 1 fully saturated rings. The molecule has 35 heavy (non-hydrogen) atoms. The number of likely N-dealkylation sites (N-methyl/N-ethyl adjacent to an activating group) is 1. The van der Waals surface area contributed by atoms with Crippen LogP contribution < -0.4 is 4.90 Å². The Labute approximate surface area is 206 Å². The molecule has 5 rings (SSSR count). The van der Waals surface area contributed by atoms with Crippen LogP contribution >= 0.6 is 0 Å². The van der Waals surface area contributed by atoms with E-state index in [9.17, 15) is 14.7 Å². The Bertz CT molecular complexity index is 1140. The summed E-state index contributed by atoms with van der Waals surface area (Å²) in [6, 6.07) is 26.8. The van der Waals surface area contributed by atoms with Crippen LogP contribution in [0.4, 0.5) is 5.69 Å². The van der Waals surface area contributed by atoms with Gasteiger partial charge in [0.25, 0.3) is 0 Å². The minimum absolute atomic E-state index is 0.00759. The number of para-hydroxylation sites is 1. The first kappa shape index (κ1) is 23.1. The third-order valence-corrected chi connectivity index (χ3v) is 7.38. The van der Waals surface area contributed by atoms with E-state index in [1.165, 1.54) is 11.3 Å². The highest BCUT2D eigenvalue weighted by atomic mass is 16.4. The van der Waals surface area contributed by atoms with Gasteiger partial charge in [-0.05, 0) is 29.2 Å². The SMILES string of the molecule is CN1CCN([C@H]2C[C@@H](C(=O)O)N(C(=O)C(c3ccccc3)c3ccccc3)C2)Cc2ccccc21. The maximum absolute atomic E-state index is 14.0. The number of amides is 1. The van der Waals surface area contributed by atoms with Crippen molar-refractivity contribution in [3.63, 3.8) is 0 Å². The lowest BCUT2D eigenvalue weighted by Crippen LogP contribution is -2.44. The van der Waals surface area contributed by atoms with Crippen molar-refractivity contribution in [3.8, 4) is 0 Å². The topological polar surface area (TPSA) is 64.1 Å². The van der Waals surface area contributed by atoms with Gasteiger partial charge in [0.2, 0.25) is 5.91 Å². The fourth-order valence-electron chi connectivity index (χ4n) is 5.52. The quantitative estimate of drug-likeness (QED) is 0.616. The lowest BCUT2D eigenvalue weighted by Gasteiger charge is -2.29. The molecule has 180 valence electrons. The normalized spacial score (nSPS) is 20.5. The average Bonchev–Trinajstić information content (AvgIpc) is 3.27. The van der Waals surface area contributed by atoms with Crippen LogP contribution in [0.25, 0.3) is 0 Å². The number of hydrogen-bond acceptors (Lipinski definition) is 4. The predicted octanol–water partition coefficient (Wildman–Crippen LogP) is 3.82. The molecule has 3 aromatic rings. The summed E-state index contributed by atoms with van der Waals surface area (Å²) in [7, 11) is 2.09. The Morgan fingerprint density at radius 2 is 1.46 bits per heavy atom. The van der Waals surface area contributed by atoms with Gasteiger partial charge in [-0.25, -0.2) is 4.79 Å². The molecule has 3 aromatic carbocycles. The van der Waals surface area contributed by atoms with Gasteiger partial charge in [-0.2, -0.15) is 0 Å². The number of carbonyl (C=O) groups is 2. The van der Waals surface area contributed by atoms with Crippen LogP contribution in [0.15, 0.2) is 84.9 Å². The van der Waals surface area contributed by atoms with Crippen molar-refractivity contribution in [2.75, 3.05) is 31.6 Å². The van der Waals surface area contributed by atoms with Crippen molar-refractivity contribution in [2.24, 2.45) is 0 Å². The van der Waals surface area contributed by atoms with Gasteiger partial charge >= 0.3 is 5.97 Å². The Morgan fingerprint density at radius 3 is 2.09 bits per heavy atom. The van der Waals surface area contributed by atoms with Gasteiger partial charge in [-0.1, -0.05) is 78.9 Å². The Kier molecular flexibility index (Phi) is 6.55. The molecule has 1 saturated heterocycles. The maximum atomic E-state index is 14.0. The zero-order valence-corrected chi connectivity index (χ0v) is 20.0. The number of likely N-dealkylation sites (tertiary alicyclic amines) is 1. The summed E-state index contributed by atoms with van der Waals surface area (Å²) < 4.78 is 0. The molecular formula is C29H31N3O3. The molecule has 0 spiro atoms. The van der Waals surface area contributed by atoms with Crippen LogP contribution in [0.5, 0.6) is 0 Å². The molecule has 2 atom stereocenters. The van der Waals surface area contributed by atoms with Crippen molar-refractivity contribution in [2.45, 2.75) is 31.0 Å². The second kappa shape index (κ2) is 9.92. The molecule has 1 N–H and O–H groups in total. The third kappa shape index (κ3) is 4.66. The van der Waals surface area contributed by atoms with Gasteiger partial charge in [0, 0.05) is 45.0 Å². The van der Waals surface area contributed by atoms with Gasteiger partial charge in [-0.15, -0.1) is 0 Å². The lowest BCUT2D eigenvalue weighted by molar-refractivity contribution is -0.148. The van der Waals surface area contributed by atoms with E-state index in [2.05, 4.69) is 35.0 Å². The minimum Gasteiger partial charge on any atom is -0.480 e. The third-order valence-electron chi connectivity index (χ3n) is 7.38. The van der Waals surface area contributed by atoms with E-state index in [1.807, 2.05) is 66.7 Å². The van der Waals surface area contributed by atoms with Crippen LogP contribution in [0, 0.1) is 0 Å². The molecule has 0 aliphatic carbocycles. The van der Waals surface area contributed by atoms with Crippen LogP contribution in [0.3, 0.4) is 0 Å². The molecule has 1 amide bonds. The first-order valence-corrected chi connectivity index (χ1v) is 12.2. The first-order chi connectivity index (χ1) is 17.0. The summed E-state index contributed by atoms with van der Waals surface area (Å²) in [6.45, 7) is 2.85. The number of carboxylic acid groups (broad SMARTS) is 1. The molecule has 0 aromatic heterocycles. The van der Waals surface area contributed by atoms with Gasteiger partial charge in [0.15, 0.2) is 0 Å². The number of carboxylic acids is 1. The lowest BCUT2D eigenvalue weighted by atomic mass is 9.90. The molecule has 2 heterocycles. The van der Waals surface area contributed by atoms with E-state index < -0.39 is 17.9 Å². The number of benzene rings is 3. The Hall–Kier alpha value is -3.64. The van der Waals surface area contributed by atoms with Crippen molar-refractivity contribution in [3.05, 3.63) is 102 Å². The van der Waals surface area contributed by atoms with Crippen LogP contribution in [0.1, 0.15) is 29.0 Å². The monoisotopic (exact) mass is 469 g/mol. The molecule has 2 aliphatic heterocycles. The number of anilines is 1. The highest BCUT2D eigenvalue weighted by molar-refractivity contribution is 5.91. The molecule has 6 heteroatoms. The Morgan fingerprint density at radius 1 is 0.857 bits per heavy atom. The molecule has 0 radical (unpaired) electrons. The van der Waals surface area contributed by atoms with Gasteiger partial charge < -0.3 is 14.9 Å². The first-order valence-electron chi connectivity index (χ1n) is 12.2. The van der Waals surface area contributed by atoms with Crippen LogP contribution in [-0.2, 0) is 16.1 Å². The number of hydrogen-bond donors (Lipinski definition) is 1. The summed E-state index contributed by atoms with van der Waals surface area (Å²) in [5.41, 5.74) is 4.20. The fourth-order valence-corrected chi connectivity index (χ4v) is 5.52. The Balaban J connectivity index is 1.44. The minimum atomic E-state index is -0.937. The van der Waals surface area contributed by atoms with Crippen LogP contribution in [-0.4, -0.2) is 65.5 Å². The molecular weight excluding hydrogens is 438 g/mol. The van der Waals surface area contributed by atoms with E-state index in [-0.39, 0.29) is 11.9 Å². The highest BCUT2D eigenvalue weighted by Gasteiger charge is 2.44.